The topological polar surface area (TPSA) is 3.24 Å². The average molecular weight is 221 g/mol. The fourth-order valence-electron chi connectivity index (χ4n) is 2.59. The van der Waals surface area contributed by atoms with Crippen LogP contribution in [0.25, 0.3) is 0 Å². The van der Waals surface area contributed by atoms with Gasteiger partial charge in [-0.2, -0.15) is 0 Å². The molecule has 2 rings (SSSR count). The number of benzene rings is 1. The summed E-state index contributed by atoms with van der Waals surface area (Å²) in [4.78, 5) is 3.49. The van der Waals surface area contributed by atoms with Crippen LogP contribution in [-0.4, -0.2) is 13.1 Å². The third-order valence-corrected chi connectivity index (χ3v) is 3.84. The van der Waals surface area contributed by atoms with Gasteiger partial charge in [-0.05, 0) is 42.5 Å². The normalized spacial score (nSPS) is 25.2. The van der Waals surface area contributed by atoms with Gasteiger partial charge in [0.15, 0.2) is 0 Å². The Hall–Kier alpha value is -0.630. The van der Waals surface area contributed by atoms with Crippen molar-refractivity contribution in [2.75, 3.05) is 11.9 Å². The van der Waals surface area contributed by atoms with Gasteiger partial charge in [0, 0.05) is 23.7 Å². The minimum absolute atomic E-state index is 0.660. The Balaban J connectivity index is 2.44. The van der Waals surface area contributed by atoms with Gasteiger partial charge in [0.1, 0.15) is 0 Å². The second-order valence-electron chi connectivity index (χ2n) is 4.55. The van der Waals surface area contributed by atoms with Gasteiger partial charge in [-0.3, -0.25) is 0 Å². The lowest BCUT2D eigenvalue weighted by molar-refractivity contribution is 0.490. The van der Waals surface area contributed by atoms with Crippen LogP contribution in [0.2, 0.25) is 0 Å². The molecule has 0 aliphatic carbocycles. The second kappa shape index (κ2) is 4.09. The molecule has 15 heavy (non-hydrogen) atoms. The summed E-state index contributed by atoms with van der Waals surface area (Å²) in [5.74, 6) is 0.660. The van der Waals surface area contributed by atoms with E-state index in [4.69, 9.17) is 0 Å². The first-order chi connectivity index (χ1) is 7.13. The highest BCUT2D eigenvalue weighted by atomic mass is 32.1. The van der Waals surface area contributed by atoms with Crippen molar-refractivity contribution in [1.29, 1.82) is 0 Å². The van der Waals surface area contributed by atoms with Gasteiger partial charge in [-0.1, -0.05) is 13.8 Å². The lowest BCUT2D eigenvalue weighted by atomic mass is 9.86. The van der Waals surface area contributed by atoms with Gasteiger partial charge in [0.05, 0.1) is 0 Å². The molecule has 1 aliphatic heterocycles. The molecule has 0 saturated heterocycles. The van der Waals surface area contributed by atoms with E-state index in [1.165, 1.54) is 24.1 Å². The summed E-state index contributed by atoms with van der Waals surface area (Å²) in [5, 5.41) is 0. The summed E-state index contributed by atoms with van der Waals surface area (Å²) in [6, 6.07) is 7.20. The molecule has 0 saturated carbocycles. The zero-order valence-electron chi connectivity index (χ0n) is 9.70. The SMILES string of the molecule is CC[C@@H]1CC(C)c2cc(S)ccc2N1C. The van der Waals surface area contributed by atoms with Crippen molar-refractivity contribution in [3.05, 3.63) is 23.8 Å². The van der Waals surface area contributed by atoms with Crippen LogP contribution >= 0.6 is 12.6 Å². The molecule has 0 fully saturated rings. The molecule has 1 unspecified atom stereocenters. The van der Waals surface area contributed by atoms with Crippen LogP contribution in [0.5, 0.6) is 0 Å². The molecular weight excluding hydrogens is 202 g/mol. The largest absolute Gasteiger partial charge is 0.371 e. The summed E-state index contributed by atoms with van der Waals surface area (Å²) >= 11 is 4.42. The van der Waals surface area contributed by atoms with Crippen molar-refractivity contribution >= 4 is 18.3 Å². The lowest BCUT2D eigenvalue weighted by Gasteiger charge is -2.39. The van der Waals surface area contributed by atoms with Gasteiger partial charge in [-0.25, -0.2) is 0 Å². The van der Waals surface area contributed by atoms with Crippen LogP contribution in [0.1, 0.15) is 38.2 Å². The second-order valence-corrected chi connectivity index (χ2v) is 5.07. The molecular formula is C13H19NS. The summed E-state index contributed by atoms with van der Waals surface area (Å²) < 4.78 is 0. The van der Waals surface area contributed by atoms with Crippen molar-refractivity contribution < 1.29 is 0 Å². The van der Waals surface area contributed by atoms with Crippen LogP contribution in [-0.2, 0) is 0 Å². The Labute approximate surface area is 97.9 Å². The van der Waals surface area contributed by atoms with E-state index < -0.39 is 0 Å². The van der Waals surface area contributed by atoms with Gasteiger partial charge in [0.25, 0.3) is 0 Å². The number of fused-ring (bicyclic) bond motifs is 1. The van der Waals surface area contributed by atoms with Crippen molar-refractivity contribution in [1.82, 2.24) is 0 Å². The van der Waals surface area contributed by atoms with E-state index in [1.807, 2.05) is 0 Å². The van der Waals surface area contributed by atoms with E-state index in [2.05, 4.69) is 56.6 Å². The van der Waals surface area contributed by atoms with E-state index in [1.54, 1.807) is 0 Å². The van der Waals surface area contributed by atoms with Crippen molar-refractivity contribution in [2.24, 2.45) is 0 Å². The first-order valence-electron chi connectivity index (χ1n) is 5.69. The van der Waals surface area contributed by atoms with Crippen molar-refractivity contribution in [3.8, 4) is 0 Å². The number of rotatable bonds is 1. The molecule has 0 aromatic heterocycles. The molecule has 0 spiro atoms. The van der Waals surface area contributed by atoms with Crippen LogP contribution < -0.4 is 4.90 Å². The third kappa shape index (κ3) is 1.87. The number of hydrogen-bond donors (Lipinski definition) is 1. The van der Waals surface area contributed by atoms with Gasteiger partial charge >= 0.3 is 0 Å². The average Bonchev–Trinajstić information content (AvgIpc) is 2.23. The molecule has 1 nitrogen and oxygen atoms in total. The number of nitrogens with zero attached hydrogens (tertiary/aromatic N) is 1. The van der Waals surface area contributed by atoms with E-state index >= 15 is 0 Å². The van der Waals surface area contributed by atoms with Crippen molar-refractivity contribution in [3.63, 3.8) is 0 Å². The van der Waals surface area contributed by atoms with Gasteiger partial charge < -0.3 is 4.90 Å². The maximum Gasteiger partial charge on any atom is 0.0402 e. The van der Waals surface area contributed by atoms with E-state index in [-0.39, 0.29) is 0 Å². The Morgan fingerprint density at radius 2 is 2.20 bits per heavy atom. The first-order valence-corrected chi connectivity index (χ1v) is 6.14. The lowest BCUT2D eigenvalue weighted by Crippen LogP contribution is -2.36. The van der Waals surface area contributed by atoms with E-state index in [0.717, 1.165) is 4.90 Å². The summed E-state index contributed by atoms with van der Waals surface area (Å²) in [6.07, 6.45) is 2.49. The minimum atomic E-state index is 0.660. The van der Waals surface area contributed by atoms with Crippen LogP contribution in [0, 0.1) is 0 Å². The van der Waals surface area contributed by atoms with Crippen LogP contribution in [0.4, 0.5) is 5.69 Å². The fraction of sp³-hybridized carbons (Fsp3) is 0.538. The predicted octanol–water partition coefficient (Wildman–Crippen LogP) is 3.70. The minimum Gasteiger partial charge on any atom is -0.371 e. The van der Waals surface area contributed by atoms with E-state index in [9.17, 15) is 0 Å². The Bertz CT molecular complexity index is 362. The quantitative estimate of drug-likeness (QED) is 0.708. The standard InChI is InChI=1S/C13H19NS/c1-4-10-7-9(2)12-8-11(15)5-6-13(12)14(10)3/h5-6,8-10,15H,4,7H2,1-3H3/t9?,10-/m1/s1. The molecule has 0 N–H and O–H groups in total. The summed E-state index contributed by atoms with van der Waals surface area (Å²) in [7, 11) is 2.21. The number of thiol groups is 1. The van der Waals surface area contributed by atoms with Gasteiger partial charge in [-0.15, -0.1) is 12.6 Å². The third-order valence-electron chi connectivity index (χ3n) is 3.57. The molecule has 82 valence electrons. The fourth-order valence-corrected chi connectivity index (χ4v) is 2.80. The monoisotopic (exact) mass is 221 g/mol. The molecule has 2 heteroatoms. The highest BCUT2D eigenvalue weighted by molar-refractivity contribution is 7.80. The molecule has 0 bridgehead atoms. The molecule has 1 heterocycles. The van der Waals surface area contributed by atoms with Crippen LogP contribution in [0.15, 0.2) is 23.1 Å². The number of anilines is 1. The molecule has 1 aliphatic rings. The first kappa shape index (κ1) is 10.9. The maximum absolute atomic E-state index is 4.42. The Morgan fingerprint density at radius 1 is 1.47 bits per heavy atom. The van der Waals surface area contributed by atoms with Crippen molar-refractivity contribution in [2.45, 2.75) is 43.5 Å². The van der Waals surface area contributed by atoms with Gasteiger partial charge in [0.2, 0.25) is 0 Å². The number of hydrogen-bond acceptors (Lipinski definition) is 2. The summed E-state index contributed by atoms with van der Waals surface area (Å²) in [5.41, 5.74) is 2.84. The smallest absolute Gasteiger partial charge is 0.0402 e. The Kier molecular flexibility index (Phi) is 2.96. The molecule has 2 atom stereocenters. The summed E-state index contributed by atoms with van der Waals surface area (Å²) in [6.45, 7) is 4.59. The zero-order chi connectivity index (χ0) is 11.0. The molecule has 0 radical (unpaired) electrons. The maximum atomic E-state index is 4.42. The van der Waals surface area contributed by atoms with E-state index in [0.29, 0.717) is 12.0 Å². The highest BCUT2D eigenvalue weighted by Gasteiger charge is 2.26. The van der Waals surface area contributed by atoms with Crippen LogP contribution in [0.3, 0.4) is 0 Å². The highest BCUT2D eigenvalue weighted by Crippen LogP contribution is 2.39. The predicted molar refractivity (Wildman–Crippen MR) is 69.2 cm³/mol. The molecule has 1 aromatic rings. The molecule has 0 amide bonds. The Morgan fingerprint density at radius 3 is 2.87 bits per heavy atom. The zero-order valence-corrected chi connectivity index (χ0v) is 10.6. The molecule has 1 aromatic carbocycles.